The first-order chi connectivity index (χ1) is 14.9. The molecule has 31 heavy (non-hydrogen) atoms. The second kappa shape index (κ2) is 9.32. The van der Waals surface area contributed by atoms with E-state index in [-0.39, 0.29) is 10.9 Å². The maximum Gasteiger partial charge on any atom is 0.265 e. The highest BCUT2D eigenvalue weighted by Crippen LogP contribution is 2.22. The maximum absolute atomic E-state index is 12.9. The van der Waals surface area contributed by atoms with E-state index in [2.05, 4.69) is 9.97 Å². The van der Waals surface area contributed by atoms with Crippen LogP contribution >= 0.6 is 22.6 Å². The van der Waals surface area contributed by atoms with Crippen molar-refractivity contribution in [1.29, 1.82) is 0 Å². The lowest BCUT2D eigenvalue weighted by Gasteiger charge is -2.10. The lowest BCUT2D eigenvalue weighted by molar-refractivity contribution is 0.582. The number of aromatic amines is 1. The van der Waals surface area contributed by atoms with Crippen LogP contribution in [-0.4, -0.2) is 24.1 Å². The number of nitrogens with zero attached hydrogens (tertiary/aromatic N) is 1. The van der Waals surface area contributed by atoms with Crippen LogP contribution in [0.5, 0.6) is 0 Å². The Kier molecular flexibility index (Phi) is 6.52. The molecule has 0 bridgehead atoms. The molecule has 1 aromatic heterocycles. The van der Waals surface area contributed by atoms with Gasteiger partial charge in [-0.25, -0.2) is 13.4 Å². The number of sulfone groups is 1. The van der Waals surface area contributed by atoms with Gasteiger partial charge in [-0.1, -0.05) is 72.8 Å². The summed E-state index contributed by atoms with van der Waals surface area (Å²) in [5.41, 5.74) is 2.13. The highest BCUT2D eigenvalue weighted by molar-refractivity contribution is 14.1. The molecule has 0 fully saturated rings. The van der Waals surface area contributed by atoms with E-state index >= 15 is 0 Å². The minimum Gasteiger partial charge on any atom is -0.296 e. The minimum absolute atomic E-state index is 0.0703. The predicted octanol–water partition coefficient (Wildman–Crippen LogP) is 4.53. The Balaban J connectivity index is 1.60. The molecule has 1 N–H and O–H groups in total. The molecule has 0 spiro atoms. The molecule has 158 valence electrons. The summed E-state index contributed by atoms with van der Waals surface area (Å²) >= 11 is 1.94. The smallest absolute Gasteiger partial charge is 0.265 e. The first-order valence-corrected chi connectivity index (χ1v) is 12.7. The van der Waals surface area contributed by atoms with Crippen LogP contribution in [0.4, 0.5) is 0 Å². The fraction of sp³-hybridized carbons (Fsp3) is 0.167. The van der Waals surface area contributed by atoms with Crippen LogP contribution in [0.2, 0.25) is 0 Å². The highest BCUT2D eigenvalue weighted by Gasteiger charge is 2.21. The van der Waals surface area contributed by atoms with E-state index in [9.17, 15) is 13.2 Å². The number of rotatable bonds is 7. The summed E-state index contributed by atoms with van der Waals surface area (Å²) < 4.78 is 26.1. The van der Waals surface area contributed by atoms with Gasteiger partial charge in [0.25, 0.3) is 5.56 Å². The van der Waals surface area contributed by atoms with Gasteiger partial charge in [0.15, 0.2) is 0 Å². The molecule has 1 heterocycles. The average molecular weight is 544 g/mol. The van der Waals surface area contributed by atoms with Gasteiger partial charge in [-0.3, -0.25) is 9.78 Å². The lowest BCUT2D eigenvalue weighted by atomic mass is 10.0. The third-order valence-corrected chi connectivity index (χ3v) is 7.88. The number of halogens is 1. The Hall–Kier alpha value is -2.52. The Morgan fingerprint density at radius 1 is 0.903 bits per heavy atom. The van der Waals surface area contributed by atoms with Gasteiger partial charge in [-0.15, -0.1) is 0 Å². The zero-order chi connectivity index (χ0) is 21.8. The minimum atomic E-state index is -3.70. The van der Waals surface area contributed by atoms with Gasteiger partial charge in [0, 0.05) is 6.42 Å². The molecule has 3 aromatic carbocycles. The Bertz CT molecular complexity index is 1380. The van der Waals surface area contributed by atoms with Crippen molar-refractivity contribution in [3.05, 3.63) is 104 Å². The maximum atomic E-state index is 12.9. The normalized spacial score (nSPS) is 11.6. The molecule has 0 saturated carbocycles. The highest BCUT2D eigenvalue weighted by atomic mass is 127. The first kappa shape index (κ1) is 21.7. The second-order valence-corrected chi connectivity index (χ2v) is 10.5. The number of hydrogen-bond acceptors (Lipinski definition) is 4. The van der Waals surface area contributed by atoms with E-state index in [1.807, 2.05) is 95.4 Å². The van der Waals surface area contributed by atoms with Crippen molar-refractivity contribution in [2.24, 2.45) is 0 Å². The second-order valence-electron chi connectivity index (χ2n) is 7.35. The van der Waals surface area contributed by atoms with E-state index in [1.165, 1.54) is 0 Å². The van der Waals surface area contributed by atoms with Gasteiger partial charge in [0.1, 0.15) is 3.57 Å². The summed E-state index contributed by atoms with van der Waals surface area (Å²) in [6.45, 7) is 0. The van der Waals surface area contributed by atoms with Gasteiger partial charge in [0.05, 0.1) is 11.4 Å². The molecular formula is C24H21IN2O3S. The summed E-state index contributed by atoms with van der Waals surface area (Å²) in [5, 5.41) is 1.91. The number of hydrogen-bond donors (Lipinski definition) is 1. The molecule has 0 unspecified atom stereocenters. The van der Waals surface area contributed by atoms with E-state index in [1.54, 1.807) is 0 Å². The summed E-state index contributed by atoms with van der Waals surface area (Å²) in [6.07, 6.45) is 1.49. The monoisotopic (exact) mass is 544 g/mol. The Labute approximate surface area is 194 Å². The fourth-order valence-electron chi connectivity index (χ4n) is 3.58. The topological polar surface area (TPSA) is 79.9 Å². The molecule has 4 aromatic rings. The van der Waals surface area contributed by atoms with Crippen molar-refractivity contribution >= 4 is 43.2 Å². The molecule has 7 heteroatoms. The van der Waals surface area contributed by atoms with Gasteiger partial charge in [-0.2, -0.15) is 0 Å². The van der Waals surface area contributed by atoms with Gasteiger partial charge in [-0.05, 0) is 57.3 Å². The molecule has 0 aliphatic heterocycles. The molecule has 0 aliphatic rings. The molecular weight excluding hydrogens is 523 g/mol. The summed E-state index contributed by atoms with van der Waals surface area (Å²) in [7, 11) is -3.70. The Morgan fingerprint density at radius 3 is 2.42 bits per heavy atom. The van der Waals surface area contributed by atoms with E-state index in [0.717, 1.165) is 21.9 Å². The van der Waals surface area contributed by atoms with Crippen LogP contribution in [-0.2, 0) is 22.7 Å². The fourth-order valence-corrected chi connectivity index (χ4v) is 5.24. The van der Waals surface area contributed by atoms with E-state index < -0.39 is 15.4 Å². The molecule has 5 nitrogen and oxygen atoms in total. The molecule has 4 rings (SSSR count). The number of aromatic nitrogens is 2. The van der Waals surface area contributed by atoms with Gasteiger partial charge >= 0.3 is 0 Å². The molecule has 0 aliphatic carbocycles. The van der Waals surface area contributed by atoms with Crippen molar-refractivity contribution in [2.45, 2.75) is 24.4 Å². The van der Waals surface area contributed by atoms with Crippen molar-refractivity contribution in [3.8, 4) is 0 Å². The lowest BCUT2D eigenvalue weighted by Crippen LogP contribution is -2.22. The molecule has 0 atom stereocenters. The number of benzene rings is 3. The molecule has 0 saturated heterocycles. The summed E-state index contributed by atoms with van der Waals surface area (Å²) in [4.78, 5) is 19.3. The van der Waals surface area contributed by atoms with Crippen LogP contribution < -0.4 is 5.56 Å². The van der Waals surface area contributed by atoms with Crippen LogP contribution in [0.15, 0.2) is 82.7 Å². The third kappa shape index (κ3) is 5.04. The molecule has 0 radical (unpaired) electrons. The van der Waals surface area contributed by atoms with E-state index in [0.29, 0.717) is 28.5 Å². The van der Waals surface area contributed by atoms with Crippen molar-refractivity contribution in [2.75, 3.05) is 5.75 Å². The standard InChI is InChI=1S/C24H21IN2O3S/c25-22-21(16-19-13-6-12-18-11-4-5-14-20(18)19)26-24(27-23(22)28)31(29,30)15-7-10-17-8-2-1-3-9-17/h1-6,8-9,11-14H,7,10,15-16H2,(H,26,27,28). The van der Waals surface area contributed by atoms with Crippen LogP contribution in [0.3, 0.4) is 0 Å². The number of fused-ring (bicyclic) bond motifs is 1. The Morgan fingerprint density at radius 2 is 1.61 bits per heavy atom. The number of aryl methyl sites for hydroxylation is 1. The molecule has 0 amide bonds. The first-order valence-electron chi connectivity index (χ1n) is 9.96. The quantitative estimate of drug-likeness (QED) is 0.274. The van der Waals surface area contributed by atoms with Gasteiger partial charge < -0.3 is 0 Å². The van der Waals surface area contributed by atoms with Gasteiger partial charge in [0.2, 0.25) is 15.0 Å². The number of H-pyrrole nitrogens is 1. The van der Waals surface area contributed by atoms with Crippen LogP contribution in [0, 0.1) is 3.57 Å². The average Bonchev–Trinajstić information content (AvgIpc) is 2.77. The zero-order valence-electron chi connectivity index (χ0n) is 16.7. The van der Waals surface area contributed by atoms with Crippen LogP contribution in [0.1, 0.15) is 23.2 Å². The largest absolute Gasteiger partial charge is 0.296 e. The summed E-state index contributed by atoms with van der Waals surface area (Å²) in [6, 6.07) is 23.7. The van der Waals surface area contributed by atoms with Crippen molar-refractivity contribution in [1.82, 2.24) is 9.97 Å². The third-order valence-electron chi connectivity index (χ3n) is 5.16. The predicted molar refractivity (Wildman–Crippen MR) is 131 cm³/mol. The van der Waals surface area contributed by atoms with Crippen LogP contribution in [0.25, 0.3) is 10.8 Å². The van der Waals surface area contributed by atoms with Crippen molar-refractivity contribution in [3.63, 3.8) is 0 Å². The number of nitrogens with one attached hydrogen (secondary N) is 1. The SMILES string of the molecule is O=c1[nH]c(S(=O)(=O)CCCc2ccccc2)nc(Cc2cccc3ccccc23)c1I. The zero-order valence-corrected chi connectivity index (χ0v) is 19.7. The van der Waals surface area contributed by atoms with Crippen molar-refractivity contribution < 1.29 is 8.42 Å². The summed E-state index contributed by atoms with van der Waals surface area (Å²) in [5.74, 6) is -0.0703. The van der Waals surface area contributed by atoms with E-state index in [4.69, 9.17) is 0 Å².